The zero-order valence-corrected chi connectivity index (χ0v) is 14.4. The van der Waals surface area contributed by atoms with E-state index in [2.05, 4.69) is 0 Å². The number of allylic oxidation sites excluding steroid dienone is 2. The van der Waals surface area contributed by atoms with Gasteiger partial charge < -0.3 is 9.47 Å². The molecule has 0 amide bonds. The summed E-state index contributed by atoms with van der Waals surface area (Å²) in [5, 5.41) is 0. The van der Waals surface area contributed by atoms with Crippen molar-refractivity contribution in [2.75, 3.05) is 7.11 Å². The summed E-state index contributed by atoms with van der Waals surface area (Å²) in [7, 11) is 1.45. The Hall–Kier alpha value is -3.47. The van der Waals surface area contributed by atoms with Crippen LogP contribution in [-0.4, -0.2) is 24.5 Å². The van der Waals surface area contributed by atoms with E-state index in [1.54, 1.807) is 12.2 Å². The molecule has 0 saturated carbocycles. The molecular formula is C22H15FO4. The highest BCUT2D eigenvalue weighted by Gasteiger charge is 2.47. The van der Waals surface area contributed by atoms with E-state index >= 15 is 0 Å². The lowest BCUT2D eigenvalue weighted by Crippen LogP contribution is -2.28. The van der Waals surface area contributed by atoms with Crippen molar-refractivity contribution >= 4 is 22.9 Å². The summed E-state index contributed by atoms with van der Waals surface area (Å²) in [6.07, 6.45) is 5.83. The first kappa shape index (κ1) is 17.0. The van der Waals surface area contributed by atoms with Crippen molar-refractivity contribution in [3.05, 3.63) is 89.8 Å². The number of benzene rings is 2. The van der Waals surface area contributed by atoms with Crippen LogP contribution in [0.3, 0.4) is 0 Å². The maximum Gasteiger partial charge on any atom is 0.340 e. The maximum atomic E-state index is 14.0. The van der Waals surface area contributed by atoms with Gasteiger partial charge in [-0.15, -0.1) is 0 Å². The fraction of sp³-hybridized carbons (Fsp3) is 0.0909. The first-order valence-corrected chi connectivity index (χ1v) is 8.34. The number of methoxy groups -OCH3 is 1. The van der Waals surface area contributed by atoms with Gasteiger partial charge in [-0.3, -0.25) is 4.79 Å². The highest BCUT2D eigenvalue weighted by atomic mass is 19.1. The molecule has 0 bridgehead atoms. The average molecular weight is 362 g/mol. The lowest BCUT2D eigenvalue weighted by molar-refractivity contribution is -0.139. The molecule has 4 rings (SSSR count). The number of rotatable bonds is 3. The Bertz CT molecular complexity index is 1020. The number of halogens is 1. The van der Waals surface area contributed by atoms with Crippen LogP contribution in [0, 0.1) is 5.82 Å². The van der Waals surface area contributed by atoms with E-state index in [0.717, 1.165) is 5.56 Å². The molecule has 27 heavy (non-hydrogen) atoms. The molecule has 0 N–H and O–H groups in total. The third kappa shape index (κ3) is 2.77. The van der Waals surface area contributed by atoms with Gasteiger partial charge in [0, 0.05) is 11.1 Å². The largest absolute Gasteiger partial charge is 0.496 e. The zero-order valence-electron chi connectivity index (χ0n) is 14.4. The van der Waals surface area contributed by atoms with Gasteiger partial charge in [-0.1, -0.05) is 30.3 Å². The van der Waals surface area contributed by atoms with E-state index in [1.165, 1.54) is 37.5 Å². The van der Waals surface area contributed by atoms with Gasteiger partial charge in [-0.05, 0) is 48.1 Å². The molecule has 134 valence electrons. The summed E-state index contributed by atoms with van der Waals surface area (Å²) in [4.78, 5) is 24.5. The molecular weight excluding hydrogens is 347 g/mol. The Kier molecular flexibility index (Phi) is 4.00. The molecule has 2 aromatic rings. The fourth-order valence-electron chi connectivity index (χ4n) is 3.41. The summed E-state index contributed by atoms with van der Waals surface area (Å²) in [5.41, 5.74) is 0.558. The molecule has 0 aromatic heterocycles. The van der Waals surface area contributed by atoms with Crippen LogP contribution in [0.1, 0.15) is 11.1 Å². The van der Waals surface area contributed by atoms with Gasteiger partial charge in [-0.25, -0.2) is 9.18 Å². The van der Waals surface area contributed by atoms with Gasteiger partial charge in [0.1, 0.15) is 11.6 Å². The minimum Gasteiger partial charge on any atom is -0.496 e. The zero-order chi connectivity index (χ0) is 19.0. The Morgan fingerprint density at radius 3 is 2.37 bits per heavy atom. The lowest BCUT2D eigenvalue weighted by atomic mass is 9.82. The van der Waals surface area contributed by atoms with E-state index in [-0.39, 0.29) is 11.4 Å². The van der Waals surface area contributed by atoms with Crippen molar-refractivity contribution < 1.29 is 23.5 Å². The molecule has 0 fully saturated rings. The van der Waals surface area contributed by atoms with E-state index in [0.29, 0.717) is 16.9 Å². The minimum atomic E-state index is -1.22. The molecule has 0 radical (unpaired) electrons. The molecule has 0 unspecified atom stereocenters. The molecule has 1 spiro atoms. The van der Waals surface area contributed by atoms with E-state index in [9.17, 15) is 14.0 Å². The third-order valence-electron chi connectivity index (χ3n) is 4.59. The number of carbonyl (C=O) groups excluding carboxylic acids is 2. The second-order valence-corrected chi connectivity index (χ2v) is 6.21. The number of ether oxygens (including phenoxy) is 2. The smallest absolute Gasteiger partial charge is 0.340 e. The monoisotopic (exact) mass is 362 g/mol. The summed E-state index contributed by atoms with van der Waals surface area (Å²) >= 11 is 0. The summed E-state index contributed by atoms with van der Waals surface area (Å²) in [5.74, 6) is -0.944. The number of carbonyl (C=O) groups is 2. The number of ketones is 1. The van der Waals surface area contributed by atoms with Crippen molar-refractivity contribution in [3.8, 4) is 5.75 Å². The van der Waals surface area contributed by atoms with Crippen molar-refractivity contribution in [1.82, 2.24) is 0 Å². The first-order valence-electron chi connectivity index (χ1n) is 8.34. The van der Waals surface area contributed by atoms with E-state index < -0.39 is 17.4 Å². The standard InChI is InChI=1S/C22H15FO4/c1-26-18-8-7-15(23)13-17(18)19-20(14-5-3-2-4-6-14)22(27-21(19)25)11-9-16(24)10-12-22/h2-13H,1H3. The summed E-state index contributed by atoms with van der Waals surface area (Å²) < 4.78 is 25.0. The Morgan fingerprint density at radius 2 is 1.70 bits per heavy atom. The van der Waals surface area contributed by atoms with Crippen LogP contribution in [0.4, 0.5) is 4.39 Å². The Morgan fingerprint density at radius 1 is 1.00 bits per heavy atom. The predicted molar refractivity (Wildman–Crippen MR) is 98.3 cm³/mol. The quantitative estimate of drug-likeness (QED) is 0.781. The van der Waals surface area contributed by atoms with Crippen molar-refractivity contribution in [1.29, 1.82) is 0 Å². The number of hydrogen-bond donors (Lipinski definition) is 0. The molecule has 4 nitrogen and oxygen atoms in total. The Labute approximate surface area is 155 Å². The minimum absolute atomic E-state index is 0.194. The highest BCUT2D eigenvalue weighted by molar-refractivity contribution is 6.30. The predicted octanol–water partition coefficient (Wildman–Crippen LogP) is 3.74. The molecule has 1 aliphatic carbocycles. The summed E-state index contributed by atoms with van der Waals surface area (Å²) in [6.45, 7) is 0. The van der Waals surface area contributed by atoms with Gasteiger partial charge in [0.25, 0.3) is 0 Å². The van der Waals surface area contributed by atoms with Gasteiger partial charge in [0.2, 0.25) is 0 Å². The van der Waals surface area contributed by atoms with Crippen LogP contribution in [0.25, 0.3) is 11.1 Å². The molecule has 1 heterocycles. The molecule has 1 aliphatic heterocycles. The highest BCUT2D eigenvalue weighted by Crippen LogP contribution is 2.48. The summed E-state index contributed by atoms with van der Waals surface area (Å²) in [6, 6.07) is 13.2. The second-order valence-electron chi connectivity index (χ2n) is 6.21. The van der Waals surface area contributed by atoms with Crippen LogP contribution in [0.15, 0.2) is 72.8 Å². The number of esters is 1. The molecule has 0 saturated heterocycles. The lowest BCUT2D eigenvalue weighted by Gasteiger charge is -2.26. The van der Waals surface area contributed by atoms with Crippen LogP contribution >= 0.6 is 0 Å². The topological polar surface area (TPSA) is 52.6 Å². The van der Waals surface area contributed by atoms with Gasteiger partial charge >= 0.3 is 5.97 Å². The first-order chi connectivity index (χ1) is 13.0. The molecule has 2 aliphatic rings. The molecule has 0 atom stereocenters. The van der Waals surface area contributed by atoms with E-state index in [1.807, 2.05) is 30.3 Å². The normalized spacial score (nSPS) is 17.6. The van der Waals surface area contributed by atoms with E-state index in [4.69, 9.17) is 9.47 Å². The molecule has 2 aromatic carbocycles. The molecule has 5 heteroatoms. The van der Waals surface area contributed by atoms with Crippen molar-refractivity contribution in [3.63, 3.8) is 0 Å². The van der Waals surface area contributed by atoms with Crippen molar-refractivity contribution in [2.24, 2.45) is 0 Å². The third-order valence-corrected chi connectivity index (χ3v) is 4.59. The average Bonchev–Trinajstić information content (AvgIpc) is 2.96. The maximum absolute atomic E-state index is 14.0. The van der Waals surface area contributed by atoms with Gasteiger partial charge in [0.15, 0.2) is 11.4 Å². The van der Waals surface area contributed by atoms with Crippen LogP contribution in [0.2, 0.25) is 0 Å². The number of hydrogen-bond acceptors (Lipinski definition) is 4. The fourth-order valence-corrected chi connectivity index (χ4v) is 3.41. The van der Waals surface area contributed by atoms with Gasteiger partial charge in [0.05, 0.1) is 12.7 Å². The second kappa shape index (κ2) is 6.36. The van der Waals surface area contributed by atoms with Gasteiger partial charge in [-0.2, -0.15) is 0 Å². The van der Waals surface area contributed by atoms with Crippen LogP contribution < -0.4 is 4.74 Å². The van der Waals surface area contributed by atoms with Crippen LogP contribution in [0.5, 0.6) is 5.75 Å². The Balaban J connectivity index is 2.05. The van der Waals surface area contributed by atoms with Crippen LogP contribution in [-0.2, 0) is 14.3 Å². The van der Waals surface area contributed by atoms with Crippen molar-refractivity contribution in [2.45, 2.75) is 5.60 Å². The SMILES string of the molecule is COc1ccc(F)cc1C1=C(c2ccccc2)C2(C=CC(=O)C=C2)OC1=O.